The number of halogens is 2. The predicted octanol–water partition coefficient (Wildman–Crippen LogP) is 3.23. The summed E-state index contributed by atoms with van der Waals surface area (Å²) >= 11 is 11.8. The van der Waals surface area contributed by atoms with Gasteiger partial charge in [-0.05, 0) is 49.7 Å². The summed E-state index contributed by atoms with van der Waals surface area (Å²) in [7, 11) is -4.04. The van der Waals surface area contributed by atoms with Gasteiger partial charge in [-0.15, -0.1) is 0 Å². The minimum absolute atomic E-state index is 0.00806. The second-order valence-electron chi connectivity index (χ2n) is 5.79. The fourth-order valence-corrected chi connectivity index (χ4v) is 5.29. The van der Waals surface area contributed by atoms with E-state index in [0.29, 0.717) is 5.92 Å². The van der Waals surface area contributed by atoms with Crippen molar-refractivity contribution in [2.45, 2.75) is 30.6 Å². The van der Waals surface area contributed by atoms with Gasteiger partial charge in [-0.2, -0.15) is 0 Å². The summed E-state index contributed by atoms with van der Waals surface area (Å²) in [6, 6.07) is 4.42. The van der Waals surface area contributed by atoms with Crippen LogP contribution in [0.1, 0.15) is 25.7 Å². The molecule has 3 rings (SSSR count). The molecule has 4 nitrogen and oxygen atoms in total. The summed E-state index contributed by atoms with van der Waals surface area (Å²) < 4.78 is 26.8. The summed E-state index contributed by atoms with van der Waals surface area (Å²) in [5.74, 6) is 0.672. The molecule has 1 aromatic carbocycles. The Bertz CT molecular complexity index is 669. The van der Waals surface area contributed by atoms with Crippen LogP contribution in [0.25, 0.3) is 0 Å². The highest BCUT2D eigenvalue weighted by Crippen LogP contribution is 2.51. The predicted molar refractivity (Wildman–Crippen MR) is 80.7 cm³/mol. The van der Waals surface area contributed by atoms with Crippen molar-refractivity contribution in [3.63, 3.8) is 0 Å². The van der Waals surface area contributed by atoms with E-state index in [1.807, 2.05) is 0 Å². The van der Waals surface area contributed by atoms with Crippen LogP contribution in [0.2, 0.25) is 10.0 Å². The molecule has 2 fully saturated rings. The van der Waals surface area contributed by atoms with Gasteiger partial charge < -0.3 is 0 Å². The number of benzene rings is 1. The number of hydrogen-bond acceptors (Lipinski definition) is 3. The van der Waals surface area contributed by atoms with Crippen LogP contribution in [0.3, 0.4) is 0 Å². The molecule has 2 saturated carbocycles. The highest BCUT2D eigenvalue weighted by atomic mass is 35.5. The first kappa shape index (κ1) is 15.1. The first-order valence-corrected chi connectivity index (χ1v) is 9.13. The van der Waals surface area contributed by atoms with Crippen molar-refractivity contribution in [2.75, 3.05) is 0 Å². The minimum atomic E-state index is -4.04. The number of carbonyl (C=O) groups excluding carboxylic acids is 1. The van der Waals surface area contributed by atoms with E-state index in [1.165, 1.54) is 18.6 Å². The molecule has 1 amide bonds. The average molecular weight is 348 g/mol. The van der Waals surface area contributed by atoms with Crippen LogP contribution in [0.15, 0.2) is 23.1 Å². The second kappa shape index (κ2) is 5.45. The van der Waals surface area contributed by atoms with Gasteiger partial charge in [0.05, 0.1) is 10.0 Å². The van der Waals surface area contributed by atoms with Crippen LogP contribution in [0.5, 0.6) is 0 Å². The number of nitrogens with one attached hydrogen (secondary N) is 1. The summed E-state index contributed by atoms with van der Waals surface area (Å²) in [5.41, 5.74) is 0. The zero-order valence-electron chi connectivity index (χ0n) is 11.2. The molecule has 114 valence electrons. The van der Waals surface area contributed by atoms with Crippen molar-refractivity contribution >= 4 is 39.1 Å². The van der Waals surface area contributed by atoms with E-state index >= 15 is 0 Å². The maximum atomic E-state index is 12.3. The van der Waals surface area contributed by atoms with Gasteiger partial charge in [-0.3, -0.25) is 4.79 Å². The highest BCUT2D eigenvalue weighted by Gasteiger charge is 2.44. The van der Waals surface area contributed by atoms with Crippen molar-refractivity contribution in [3.05, 3.63) is 28.2 Å². The molecule has 0 spiro atoms. The fraction of sp³-hybridized carbons (Fsp3) is 0.500. The molecule has 0 aromatic heterocycles. The Balaban J connectivity index is 1.78. The molecule has 1 N–H and O–H groups in total. The average Bonchev–Trinajstić information content (AvgIpc) is 3.15. The van der Waals surface area contributed by atoms with E-state index in [-0.39, 0.29) is 20.9 Å². The van der Waals surface area contributed by atoms with E-state index in [1.54, 1.807) is 6.07 Å². The van der Waals surface area contributed by atoms with Gasteiger partial charge in [0.2, 0.25) is 5.91 Å². The third-order valence-corrected chi connectivity index (χ3v) is 6.64. The third-order valence-electron chi connectivity index (χ3n) is 4.34. The molecule has 0 bridgehead atoms. The molecule has 2 aliphatic rings. The second-order valence-corrected chi connectivity index (χ2v) is 8.22. The van der Waals surface area contributed by atoms with Crippen LogP contribution in [0, 0.1) is 17.8 Å². The summed E-state index contributed by atoms with van der Waals surface area (Å²) in [6.45, 7) is 0. The molecule has 3 atom stereocenters. The Hall–Kier alpha value is -0.780. The molecule has 0 saturated heterocycles. The maximum Gasteiger partial charge on any atom is 0.267 e. The van der Waals surface area contributed by atoms with Crippen LogP contribution < -0.4 is 4.72 Å². The van der Waals surface area contributed by atoms with Crippen LogP contribution >= 0.6 is 23.2 Å². The molecule has 7 heteroatoms. The lowest BCUT2D eigenvalue weighted by atomic mass is 9.89. The lowest BCUT2D eigenvalue weighted by Crippen LogP contribution is -2.37. The van der Waals surface area contributed by atoms with Gasteiger partial charge in [0.15, 0.2) is 0 Å². The molecule has 2 aliphatic carbocycles. The van der Waals surface area contributed by atoms with E-state index in [9.17, 15) is 13.2 Å². The van der Waals surface area contributed by atoms with Crippen molar-refractivity contribution in [1.82, 2.24) is 4.72 Å². The van der Waals surface area contributed by atoms with Gasteiger partial charge >= 0.3 is 0 Å². The molecule has 0 radical (unpaired) electrons. The smallest absolute Gasteiger partial charge is 0.267 e. The Morgan fingerprint density at radius 1 is 1.10 bits per heavy atom. The van der Waals surface area contributed by atoms with Gasteiger partial charge in [-0.25, -0.2) is 13.1 Å². The molecule has 1 aromatic rings. The van der Waals surface area contributed by atoms with Crippen molar-refractivity contribution in [1.29, 1.82) is 0 Å². The zero-order valence-corrected chi connectivity index (χ0v) is 13.5. The lowest BCUT2D eigenvalue weighted by molar-refractivity contribution is -0.124. The molecule has 21 heavy (non-hydrogen) atoms. The number of fused-ring (bicyclic) bond motifs is 1. The van der Waals surface area contributed by atoms with Crippen LogP contribution in [-0.4, -0.2) is 14.3 Å². The van der Waals surface area contributed by atoms with E-state index in [4.69, 9.17) is 23.2 Å². The van der Waals surface area contributed by atoms with Gasteiger partial charge in [0.1, 0.15) is 4.90 Å². The largest absolute Gasteiger partial charge is 0.274 e. The molecular formula is C14H15Cl2NO3S. The van der Waals surface area contributed by atoms with Gasteiger partial charge in [0.25, 0.3) is 10.0 Å². The summed E-state index contributed by atoms with van der Waals surface area (Å²) in [4.78, 5) is 12.0. The summed E-state index contributed by atoms with van der Waals surface area (Å²) in [5, 5.41) is 0.0161. The Morgan fingerprint density at radius 3 is 2.38 bits per heavy atom. The van der Waals surface area contributed by atoms with Crippen molar-refractivity contribution in [3.8, 4) is 0 Å². The third kappa shape index (κ3) is 3.05. The SMILES string of the molecule is O=C(NS(=O)(=O)c1c(Cl)cccc1Cl)C1CCC2CC2C1. The van der Waals surface area contributed by atoms with Crippen LogP contribution in [0.4, 0.5) is 0 Å². The monoisotopic (exact) mass is 347 g/mol. The number of rotatable bonds is 3. The summed E-state index contributed by atoms with van der Waals surface area (Å²) in [6.07, 6.45) is 3.71. The topological polar surface area (TPSA) is 63.2 Å². The van der Waals surface area contributed by atoms with Crippen molar-refractivity contribution < 1.29 is 13.2 Å². The molecule has 3 unspecified atom stereocenters. The Kier molecular flexibility index (Phi) is 3.93. The van der Waals surface area contributed by atoms with Gasteiger partial charge in [0, 0.05) is 5.92 Å². The van der Waals surface area contributed by atoms with E-state index in [2.05, 4.69) is 4.72 Å². The van der Waals surface area contributed by atoms with Gasteiger partial charge in [-0.1, -0.05) is 29.3 Å². The van der Waals surface area contributed by atoms with Crippen molar-refractivity contribution in [2.24, 2.45) is 17.8 Å². The maximum absolute atomic E-state index is 12.3. The highest BCUT2D eigenvalue weighted by molar-refractivity contribution is 7.90. The standard InChI is InChI=1S/C14H15Cl2NO3S/c15-11-2-1-3-12(16)13(11)21(19,20)17-14(18)9-5-4-8-6-10(8)7-9/h1-3,8-10H,4-7H2,(H,17,18). The molecular weight excluding hydrogens is 333 g/mol. The quantitative estimate of drug-likeness (QED) is 0.912. The van der Waals surface area contributed by atoms with E-state index in [0.717, 1.165) is 25.2 Å². The minimum Gasteiger partial charge on any atom is -0.274 e. The first-order chi connectivity index (χ1) is 9.88. The fourth-order valence-electron chi connectivity index (χ4n) is 3.10. The number of hydrogen-bond donors (Lipinski definition) is 1. The number of amides is 1. The lowest BCUT2D eigenvalue weighted by Gasteiger charge is -2.20. The normalized spacial score (nSPS) is 27.8. The Morgan fingerprint density at radius 2 is 1.76 bits per heavy atom. The first-order valence-electron chi connectivity index (χ1n) is 6.89. The Labute approximate surface area is 133 Å². The number of carbonyl (C=O) groups is 1. The molecule has 0 aliphatic heterocycles. The zero-order chi connectivity index (χ0) is 15.2. The van der Waals surface area contributed by atoms with Crippen LogP contribution in [-0.2, 0) is 14.8 Å². The molecule has 0 heterocycles. The van der Waals surface area contributed by atoms with E-state index < -0.39 is 15.9 Å². The number of sulfonamides is 1.